The minimum absolute atomic E-state index is 0.210. The van der Waals surface area contributed by atoms with Crippen molar-refractivity contribution >= 4 is 5.97 Å². The Hall–Kier alpha value is -1.25. The summed E-state index contributed by atoms with van der Waals surface area (Å²) in [4.78, 5) is 11.8. The summed E-state index contributed by atoms with van der Waals surface area (Å²) in [5.41, 5.74) is 1.46. The standard InChI is InChI=1S/C12H18O3/c1-9(2)5-12(11(13)14-4)6-10(3)7-15-8-12/h7H,1,5-6,8H2,2-4H3/t12-/m1/s1. The highest BCUT2D eigenvalue weighted by Gasteiger charge is 2.42. The van der Waals surface area contributed by atoms with E-state index in [1.165, 1.54) is 7.11 Å². The average Bonchev–Trinajstić information content (AvgIpc) is 2.15. The minimum Gasteiger partial charge on any atom is -0.500 e. The Labute approximate surface area is 90.8 Å². The number of hydrogen-bond donors (Lipinski definition) is 0. The van der Waals surface area contributed by atoms with Gasteiger partial charge in [0, 0.05) is 0 Å². The number of carbonyl (C=O) groups is 1. The molecule has 0 saturated carbocycles. The molecule has 84 valence electrons. The fraction of sp³-hybridized carbons (Fsp3) is 0.583. The molecular formula is C12H18O3. The third kappa shape index (κ3) is 2.61. The molecule has 3 heteroatoms. The molecular weight excluding hydrogens is 192 g/mol. The highest BCUT2D eigenvalue weighted by atomic mass is 16.5. The Kier molecular flexibility index (Phi) is 3.56. The zero-order valence-corrected chi connectivity index (χ0v) is 9.63. The lowest BCUT2D eigenvalue weighted by Gasteiger charge is -2.33. The van der Waals surface area contributed by atoms with Crippen molar-refractivity contribution in [2.45, 2.75) is 26.7 Å². The van der Waals surface area contributed by atoms with Crippen molar-refractivity contribution in [3.63, 3.8) is 0 Å². The van der Waals surface area contributed by atoms with Crippen LogP contribution in [-0.2, 0) is 14.3 Å². The van der Waals surface area contributed by atoms with Crippen LogP contribution in [0.25, 0.3) is 0 Å². The summed E-state index contributed by atoms with van der Waals surface area (Å²) in [6, 6.07) is 0. The van der Waals surface area contributed by atoms with E-state index >= 15 is 0 Å². The number of carbonyl (C=O) groups excluding carboxylic acids is 1. The van der Waals surface area contributed by atoms with E-state index in [0.29, 0.717) is 19.4 Å². The van der Waals surface area contributed by atoms with Gasteiger partial charge in [-0.15, -0.1) is 6.58 Å². The molecule has 1 atom stereocenters. The fourth-order valence-corrected chi connectivity index (χ4v) is 2.08. The lowest BCUT2D eigenvalue weighted by Crippen LogP contribution is -2.39. The monoisotopic (exact) mass is 210 g/mol. The molecule has 0 spiro atoms. The average molecular weight is 210 g/mol. The molecule has 0 aromatic rings. The molecule has 0 aliphatic carbocycles. The van der Waals surface area contributed by atoms with Gasteiger partial charge < -0.3 is 9.47 Å². The molecule has 0 fully saturated rings. The Morgan fingerprint density at radius 1 is 1.73 bits per heavy atom. The lowest BCUT2D eigenvalue weighted by molar-refractivity contribution is -0.156. The maximum atomic E-state index is 11.8. The van der Waals surface area contributed by atoms with Gasteiger partial charge in [0.15, 0.2) is 0 Å². The van der Waals surface area contributed by atoms with Gasteiger partial charge in [0.05, 0.1) is 13.4 Å². The maximum Gasteiger partial charge on any atom is 0.315 e. The first-order valence-electron chi connectivity index (χ1n) is 5.00. The Morgan fingerprint density at radius 2 is 2.40 bits per heavy atom. The van der Waals surface area contributed by atoms with Crippen molar-refractivity contribution in [1.82, 2.24) is 0 Å². The molecule has 0 saturated heterocycles. The van der Waals surface area contributed by atoms with Gasteiger partial charge in [0.25, 0.3) is 0 Å². The molecule has 0 N–H and O–H groups in total. The van der Waals surface area contributed by atoms with Crippen LogP contribution in [0.15, 0.2) is 24.0 Å². The summed E-state index contributed by atoms with van der Waals surface area (Å²) in [6.07, 6.45) is 3.01. The number of methoxy groups -OCH3 is 1. The normalized spacial score (nSPS) is 25.1. The van der Waals surface area contributed by atoms with Crippen LogP contribution in [0.4, 0.5) is 0 Å². The van der Waals surface area contributed by atoms with E-state index in [9.17, 15) is 4.79 Å². The molecule has 0 amide bonds. The SMILES string of the molecule is C=C(C)C[C@]1(C(=O)OC)COC=C(C)C1. The number of ether oxygens (including phenoxy) is 2. The summed E-state index contributed by atoms with van der Waals surface area (Å²) in [5.74, 6) is -0.210. The van der Waals surface area contributed by atoms with Crippen LogP contribution in [0.5, 0.6) is 0 Å². The predicted octanol–water partition coefficient (Wildman–Crippen LogP) is 2.44. The van der Waals surface area contributed by atoms with E-state index in [-0.39, 0.29) is 5.97 Å². The molecule has 0 aromatic heterocycles. The van der Waals surface area contributed by atoms with Crippen LogP contribution in [-0.4, -0.2) is 19.7 Å². The van der Waals surface area contributed by atoms with E-state index < -0.39 is 5.41 Å². The second-order valence-corrected chi connectivity index (χ2v) is 4.36. The van der Waals surface area contributed by atoms with Crippen LogP contribution in [0.2, 0.25) is 0 Å². The third-order valence-corrected chi connectivity index (χ3v) is 2.52. The van der Waals surface area contributed by atoms with Crippen molar-refractivity contribution in [2.75, 3.05) is 13.7 Å². The number of rotatable bonds is 3. The van der Waals surface area contributed by atoms with Crippen LogP contribution < -0.4 is 0 Å². The van der Waals surface area contributed by atoms with Crippen molar-refractivity contribution in [1.29, 1.82) is 0 Å². The summed E-state index contributed by atoms with van der Waals surface area (Å²) < 4.78 is 10.2. The maximum absolute atomic E-state index is 11.8. The minimum atomic E-state index is -0.570. The highest BCUT2D eigenvalue weighted by molar-refractivity contribution is 5.78. The fourth-order valence-electron chi connectivity index (χ4n) is 2.08. The molecule has 1 aliphatic heterocycles. The van der Waals surface area contributed by atoms with E-state index in [4.69, 9.17) is 9.47 Å². The Balaban J connectivity index is 2.91. The van der Waals surface area contributed by atoms with Crippen LogP contribution in [0, 0.1) is 5.41 Å². The second kappa shape index (κ2) is 4.51. The molecule has 0 radical (unpaired) electrons. The number of esters is 1. The summed E-state index contributed by atoms with van der Waals surface area (Å²) in [5, 5.41) is 0. The van der Waals surface area contributed by atoms with Gasteiger partial charge in [-0.1, -0.05) is 5.57 Å². The first kappa shape index (κ1) is 11.8. The third-order valence-electron chi connectivity index (χ3n) is 2.52. The van der Waals surface area contributed by atoms with Crippen molar-refractivity contribution in [3.8, 4) is 0 Å². The number of allylic oxidation sites excluding steroid dienone is 2. The summed E-state index contributed by atoms with van der Waals surface area (Å²) in [6.45, 7) is 8.10. The van der Waals surface area contributed by atoms with E-state index in [0.717, 1.165) is 11.1 Å². The van der Waals surface area contributed by atoms with E-state index in [1.54, 1.807) is 6.26 Å². The quantitative estimate of drug-likeness (QED) is 0.530. The predicted molar refractivity (Wildman–Crippen MR) is 58.2 cm³/mol. The van der Waals surface area contributed by atoms with Gasteiger partial charge in [0.2, 0.25) is 0 Å². The van der Waals surface area contributed by atoms with Crippen LogP contribution >= 0.6 is 0 Å². The van der Waals surface area contributed by atoms with E-state index in [2.05, 4.69) is 6.58 Å². The Morgan fingerprint density at radius 3 is 2.87 bits per heavy atom. The van der Waals surface area contributed by atoms with Gasteiger partial charge in [0.1, 0.15) is 12.0 Å². The molecule has 1 heterocycles. The van der Waals surface area contributed by atoms with Gasteiger partial charge in [-0.3, -0.25) is 4.79 Å². The molecule has 0 bridgehead atoms. The first-order valence-corrected chi connectivity index (χ1v) is 5.00. The molecule has 15 heavy (non-hydrogen) atoms. The lowest BCUT2D eigenvalue weighted by atomic mass is 9.77. The largest absolute Gasteiger partial charge is 0.500 e. The summed E-state index contributed by atoms with van der Waals surface area (Å²) >= 11 is 0. The van der Waals surface area contributed by atoms with Gasteiger partial charge in [-0.05, 0) is 32.3 Å². The highest BCUT2D eigenvalue weighted by Crippen LogP contribution is 2.37. The molecule has 3 nitrogen and oxygen atoms in total. The van der Waals surface area contributed by atoms with Crippen LogP contribution in [0.3, 0.4) is 0 Å². The zero-order valence-electron chi connectivity index (χ0n) is 9.63. The van der Waals surface area contributed by atoms with Gasteiger partial charge >= 0.3 is 5.97 Å². The molecule has 1 aliphatic rings. The second-order valence-electron chi connectivity index (χ2n) is 4.36. The van der Waals surface area contributed by atoms with E-state index in [1.807, 2.05) is 13.8 Å². The summed E-state index contributed by atoms with van der Waals surface area (Å²) in [7, 11) is 1.41. The van der Waals surface area contributed by atoms with Crippen molar-refractivity contribution < 1.29 is 14.3 Å². The van der Waals surface area contributed by atoms with Gasteiger partial charge in [-0.25, -0.2) is 0 Å². The molecule has 0 aromatic carbocycles. The van der Waals surface area contributed by atoms with Crippen molar-refractivity contribution in [2.24, 2.45) is 5.41 Å². The Bertz CT molecular complexity index is 304. The topological polar surface area (TPSA) is 35.5 Å². The number of hydrogen-bond acceptors (Lipinski definition) is 3. The molecule has 0 unspecified atom stereocenters. The molecule has 1 rings (SSSR count). The zero-order chi connectivity index (χ0) is 11.5. The van der Waals surface area contributed by atoms with Crippen molar-refractivity contribution in [3.05, 3.63) is 24.0 Å². The van der Waals surface area contributed by atoms with Crippen LogP contribution in [0.1, 0.15) is 26.7 Å². The van der Waals surface area contributed by atoms with Gasteiger partial charge in [-0.2, -0.15) is 0 Å². The first-order chi connectivity index (χ1) is 7.00. The smallest absolute Gasteiger partial charge is 0.315 e.